The molecule has 8 heteroatoms. The third-order valence-corrected chi connectivity index (χ3v) is 7.95. The van der Waals surface area contributed by atoms with E-state index in [0.29, 0.717) is 6.61 Å². The molecule has 0 amide bonds. The maximum absolute atomic E-state index is 11.3. The SMILES string of the molecule is CSC1(SC)COc2ccccc2C1CC(O)P(=O)(O)O. The van der Waals surface area contributed by atoms with Crippen molar-refractivity contribution < 1.29 is 24.2 Å². The number of hydrogen-bond acceptors (Lipinski definition) is 5. The van der Waals surface area contributed by atoms with E-state index in [-0.39, 0.29) is 16.4 Å². The minimum atomic E-state index is -4.52. The van der Waals surface area contributed by atoms with E-state index in [1.165, 1.54) is 0 Å². The molecule has 0 aliphatic carbocycles. The number of thioether (sulfide) groups is 2. The van der Waals surface area contributed by atoms with Crippen molar-refractivity contribution >= 4 is 31.1 Å². The summed E-state index contributed by atoms with van der Waals surface area (Å²) in [4.78, 5) is 18.4. The van der Waals surface area contributed by atoms with E-state index in [4.69, 9.17) is 4.74 Å². The van der Waals surface area contributed by atoms with Crippen LogP contribution < -0.4 is 4.74 Å². The summed E-state index contributed by atoms with van der Waals surface area (Å²) in [6.07, 6.45) is 3.90. The fourth-order valence-corrected chi connectivity index (χ4v) is 5.08. The molecule has 1 aliphatic heterocycles. The minimum absolute atomic E-state index is 0.00628. The highest BCUT2D eigenvalue weighted by Gasteiger charge is 2.46. The fourth-order valence-electron chi connectivity index (χ4n) is 2.56. The number of hydrogen-bond donors (Lipinski definition) is 3. The first-order chi connectivity index (χ1) is 9.84. The van der Waals surface area contributed by atoms with E-state index in [1.807, 2.05) is 36.8 Å². The molecule has 0 aromatic heterocycles. The van der Waals surface area contributed by atoms with Crippen LogP contribution in [0.4, 0.5) is 0 Å². The van der Waals surface area contributed by atoms with Crippen molar-refractivity contribution in [3.8, 4) is 5.75 Å². The molecule has 0 saturated heterocycles. The van der Waals surface area contributed by atoms with E-state index in [9.17, 15) is 19.5 Å². The van der Waals surface area contributed by atoms with Gasteiger partial charge < -0.3 is 19.6 Å². The Hall–Kier alpha value is -0.170. The molecular weight excluding hydrogens is 331 g/mol. The third kappa shape index (κ3) is 3.44. The fraction of sp³-hybridized carbons (Fsp3) is 0.538. The largest absolute Gasteiger partial charge is 0.491 e. The predicted octanol–water partition coefficient (Wildman–Crippen LogP) is 2.47. The molecule has 5 nitrogen and oxygen atoms in total. The lowest BCUT2D eigenvalue weighted by molar-refractivity contribution is 0.170. The lowest BCUT2D eigenvalue weighted by Gasteiger charge is -2.43. The van der Waals surface area contributed by atoms with Gasteiger partial charge in [0.05, 0.1) is 0 Å². The highest BCUT2D eigenvalue weighted by molar-refractivity contribution is 8.17. The van der Waals surface area contributed by atoms with Gasteiger partial charge in [0.15, 0.2) is 5.85 Å². The van der Waals surface area contributed by atoms with E-state index >= 15 is 0 Å². The van der Waals surface area contributed by atoms with Crippen molar-refractivity contribution in [3.05, 3.63) is 29.8 Å². The van der Waals surface area contributed by atoms with Gasteiger partial charge in [0.25, 0.3) is 0 Å². The molecule has 1 aromatic carbocycles. The van der Waals surface area contributed by atoms with Crippen LogP contribution in [0.1, 0.15) is 17.9 Å². The average molecular weight is 350 g/mol. The number of benzene rings is 1. The van der Waals surface area contributed by atoms with Gasteiger partial charge in [-0.25, -0.2) is 0 Å². The number of fused-ring (bicyclic) bond motifs is 1. The predicted molar refractivity (Wildman–Crippen MR) is 87.1 cm³/mol. The van der Waals surface area contributed by atoms with Crippen LogP contribution >= 0.6 is 31.1 Å². The van der Waals surface area contributed by atoms with Gasteiger partial charge >= 0.3 is 7.60 Å². The van der Waals surface area contributed by atoms with Gasteiger partial charge in [-0.3, -0.25) is 4.57 Å². The molecule has 1 aromatic rings. The van der Waals surface area contributed by atoms with Crippen molar-refractivity contribution in [2.75, 3.05) is 19.1 Å². The third-order valence-electron chi connectivity index (χ3n) is 3.78. The van der Waals surface area contributed by atoms with Crippen LogP contribution in [0, 0.1) is 0 Å². The Kier molecular flexibility index (Phi) is 5.34. The number of aliphatic hydroxyl groups excluding tert-OH is 1. The second kappa shape index (κ2) is 6.52. The molecule has 0 fully saturated rings. The van der Waals surface area contributed by atoms with E-state index < -0.39 is 13.4 Å². The van der Waals surface area contributed by atoms with Gasteiger partial charge in [-0.1, -0.05) is 18.2 Å². The quantitative estimate of drug-likeness (QED) is 0.555. The molecule has 0 spiro atoms. The van der Waals surface area contributed by atoms with Crippen molar-refractivity contribution in [3.63, 3.8) is 0 Å². The van der Waals surface area contributed by atoms with Gasteiger partial charge in [-0.05, 0) is 30.6 Å². The van der Waals surface area contributed by atoms with Crippen LogP contribution in [-0.4, -0.2) is 43.9 Å². The number of aliphatic hydroxyl groups is 1. The maximum Gasteiger partial charge on any atom is 0.353 e. The monoisotopic (exact) mass is 350 g/mol. The smallest absolute Gasteiger partial charge is 0.353 e. The molecule has 1 heterocycles. The van der Waals surface area contributed by atoms with Crippen molar-refractivity contribution in [1.29, 1.82) is 0 Å². The van der Waals surface area contributed by atoms with Crippen LogP contribution in [0.2, 0.25) is 0 Å². The van der Waals surface area contributed by atoms with Crippen LogP contribution in [0.15, 0.2) is 24.3 Å². The molecule has 2 unspecified atom stereocenters. The maximum atomic E-state index is 11.3. The van der Waals surface area contributed by atoms with Gasteiger partial charge in [-0.2, -0.15) is 0 Å². The zero-order valence-electron chi connectivity index (χ0n) is 11.8. The van der Waals surface area contributed by atoms with Gasteiger partial charge in [0.1, 0.15) is 16.4 Å². The minimum Gasteiger partial charge on any atom is -0.491 e. The molecule has 118 valence electrons. The van der Waals surface area contributed by atoms with Gasteiger partial charge in [0.2, 0.25) is 0 Å². The van der Waals surface area contributed by atoms with Gasteiger partial charge in [-0.15, -0.1) is 23.5 Å². The topological polar surface area (TPSA) is 87.0 Å². The molecular formula is C13H19O5PS2. The lowest BCUT2D eigenvalue weighted by Crippen LogP contribution is -2.40. The number of rotatable bonds is 5. The lowest BCUT2D eigenvalue weighted by atomic mass is 9.89. The average Bonchev–Trinajstić information content (AvgIpc) is 2.47. The molecule has 0 saturated carbocycles. The molecule has 21 heavy (non-hydrogen) atoms. The normalized spacial score (nSPS) is 22.2. The summed E-state index contributed by atoms with van der Waals surface area (Å²) in [5.74, 6) is -1.14. The number of para-hydroxylation sites is 1. The van der Waals surface area contributed by atoms with Gasteiger partial charge in [0, 0.05) is 5.92 Å². The molecule has 0 bridgehead atoms. The second-order valence-corrected chi connectivity index (χ2v) is 9.21. The van der Waals surface area contributed by atoms with Crippen LogP contribution in [0.25, 0.3) is 0 Å². The van der Waals surface area contributed by atoms with Crippen molar-refractivity contribution in [1.82, 2.24) is 0 Å². The Morgan fingerprint density at radius 3 is 2.57 bits per heavy atom. The molecule has 2 atom stereocenters. The Morgan fingerprint density at radius 2 is 2.00 bits per heavy atom. The number of ether oxygens (including phenoxy) is 1. The first-order valence-corrected chi connectivity index (χ1v) is 10.5. The molecule has 0 radical (unpaired) electrons. The summed E-state index contributed by atoms with van der Waals surface area (Å²) in [5.41, 5.74) is 0.889. The summed E-state index contributed by atoms with van der Waals surface area (Å²) < 4.78 is 16.7. The second-order valence-electron chi connectivity index (χ2n) is 4.90. The standard InChI is InChI=1S/C13H19O5PS2/c1-20-13(21-2)8-18-11-6-4-3-5-9(11)10(13)7-12(14)19(15,16)17/h3-6,10,12,14H,7-8H2,1-2H3,(H2,15,16,17). The highest BCUT2D eigenvalue weighted by Crippen LogP contribution is 2.56. The first-order valence-electron chi connectivity index (χ1n) is 6.39. The Bertz CT molecular complexity index is 543. The molecule has 3 N–H and O–H groups in total. The zero-order valence-corrected chi connectivity index (χ0v) is 14.3. The highest BCUT2D eigenvalue weighted by atomic mass is 32.2. The van der Waals surface area contributed by atoms with Crippen LogP contribution in [-0.2, 0) is 4.57 Å². The summed E-state index contributed by atoms with van der Waals surface area (Å²) in [5, 5.41) is 9.86. The zero-order chi connectivity index (χ0) is 15.7. The first kappa shape index (κ1) is 17.2. The van der Waals surface area contributed by atoms with Crippen molar-refractivity contribution in [2.24, 2.45) is 0 Å². The summed E-state index contributed by atoms with van der Waals surface area (Å²) in [7, 11) is -4.52. The molecule has 1 aliphatic rings. The Morgan fingerprint density at radius 1 is 1.38 bits per heavy atom. The summed E-state index contributed by atoms with van der Waals surface area (Å²) >= 11 is 3.18. The van der Waals surface area contributed by atoms with E-state index in [2.05, 4.69) is 0 Å². The van der Waals surface area contributed by atoms with Crippen LogP contribution in [0.3, 0.4) is 0 Å². The summed E-state index contributed by atoms with van der Waals surface area (Å²) in [6.45, 7) is 0.435. The Balaban J connectivity index is 2.42. The molecule has 2 rings (SSSR count). The van der Waals surface area contributed by atoms with E-state index in [0.717, 1.165) is 11.3 Å². The Labute approximate surface area is 132 Å². The van der Waals surface area contributed by atoms with Crippen LogP contribution in [0.5, 0.6) is 5.75 Å². The van der Waals surface area contributed by atoms with Crippen molar-refractivity contribution in [2.45, 2.75) is 22.3 Å². The summed E-state index contributed by atoms with van der Waals surface area (Å²) in [6, 6.07) is 7.47. The van der Waals surface area contributed by atoms with E-state index in [1.54, 1.807) is 23.5 Å².